The van der Waals surface area contributed by atoms with Gasteiger partial charge in [0.15, 0.2) is 0 Å². The van der Waals surface area contributed by atoms with Crippen LogP contribution in [0.4, 0.5) is 0 Å². The minimum absolute atomic E-state index is 0.619. The lowest BCUT2D eigenvalue weighted by Gasteiger charge is -2.39. The molecule has 1 saturated carbocycles. The molecule has 2 rings (SSSR count). The predicted octanol–water partition coefficient (Wildman–Crippen LogP) is 1.51. The van der Waals surface area contributed by atoms with Gasteiger partial charge in [-0.05, 0) is 19.4 Å². The molecule has 0 amide bonds. The maximum absolute atomic E-state index is 2.65. The molecule has 1 aliphatic heterocycles. The largest absolute Gasteiger partial charge is 0.295 e. The Balaban J connectivity index is 2.02. The summed E-state index contributed by atoms with van der Waals surface area (Å²) in [5, 5.41) is 0. The molecule has 11 heavy (non-hydrogen) atoms. The lowest BCUT2D eigenvalue weighted by Crippen LogP contribution is -2.51. The van der Waals surface area contributed by atoms with Crippen LogP contribution < -0.4 is 0 Å². The second kappa shape index (κ2) is 2.85. The van der Waals surface area contributed by atoms with Crippen LogP contribution in [-0.4, -0.2) is 39.7 Å². The van der Waals surface area contributed by atoms with Gasteiger partial charge in [-0.25, -0.2) is 3.11 Å². The fourth-order valence-corrected chi connectivity index (χ4v) is 2.93. The second-order valence-electron chi connectivity index (χ2n) is 3.65. The summed E-state index contributed by atoms with van der Waals surface area (Å²) < 4.78 is 2.44. The van der Waals surface area contributed by atoms with Gasteiger partial charge in [-0.1, -0.05) is 6.92 Å². The average molecular weight is 266 g/mol. The third-order valence-electron chi connectivity index (χ3n) is 2.96. The number of nitrogens with zero attached hydrogens (tertiary/aromatic N) is 2. The summed E-state index contributed by atoms with van der Waals surface area (Å²) in [7, 11) is 0. The van der Waals surface area contributed by atoms with Crippen LogP contribution in [-0.2, 0) is 0 Å². The maximum atomic E-state index is 2.65. The average Bonchev–Trinajstić information content (AvgIpc) is 2.70. The van der Waals surface area contributed by atoms with Crippen molar-refractivity contribution in [1.82, 2.24) is 8.01 Å². The molecule has 0 N–H and O–H groups in total. The Bertz CT molecular complexity index is 156. The molecule has 3 heteroatoms. The van der Waals surface area contributed by atoms with Crippen molar-refractivity contribution in [2.45, 2.75) is 25.3 Å². The Labute approximate surface area is 82.4 Å². The third kappa shape index (κ3) is 1.42. The molecule has 0 radical (unpaired) electrons. The fourth-order valence-electron chi connectivity index (χ4n) is 2.08. The molecule has 1 heterocycles. The number of halogens is 1. The molecule has 1 aliphatic carbocycles. The van der Waals surface area contributed by atoms with E-state index >= 15 is 0 Å². The van der Waals surface area contributed by atoms with Crippen LogP contribution in [0.2, 0.25) is 0 Å². The minimum Gasteiger partial charge on any atom is -0.295 e. The van der Waals surface area contributed by atoms with Gasteiger partial charge in [0.05, 0.1) is 0 Å². The molecule has 1 spiro atoms. The highest BCUT2D eigenvalue weighted by atomic mass is 127. The molecule has 0 atom stereocenters. The molecular weight excluding hydrogens is 251 g/mol. The van der Waals surface area contributed by atoms with Gasteiger partial charge >= 0.3 is 0 Å². The second-order valence-corrected chi connectivity index (χ2v) is 5.01. The topological polar surface area (TPSA) is 6.48 Å². The molecule has 2 aliphatic rings. The van der Waals surface area contributed by atoms with Crippen molar-refractivity contribution in [3.05, 3.63) is 0 Å². The predicted molar refractivity (Wildman–Crippen MR) is 54.8 cm³/mol. The third-order valence-corrected chi connectivity index (χ3v) is 3.78. The first kappa shape index (κ1) is 8.26. The molecule has 2 nitrogen and oxygen atoms in total. The Hall–Kier alpha value is 0.650. The van der Waals surface area contributed by atoms with Gasteiger partial charge in [0.2, 0.25) is 0 Å². The van der Waals surface area contributed by atoms with E-state index in [-0.39, 0.29) is 0 Å². The molecule has 2 fully saturated rings. The van der Waals surface area contributed by atoms with Gasteiger partial charge in [-0.2, -0.15) is 0 Å². The summed E-state index contributed by atoms with van der Waals surface area (Å²) in [4.78, 5) is 2.65. The van der Waals surface area contributed by atoms with Crippen LogP contribution in [0.15, 0.2) is 0 Å². The summed E-state index contributed by atoms with van der Waals surface area (Å²) in [6.45, 7) is 7.34. The zero-order valence-corrected chi connectivity index (χ0v) is 9.17. The van der Waals surface area contributed by atoms with E-state index in [0.29, 0.717) is 5.54 Å². The lowest BCUT2D eigenvalue weighted by atomic mass is 10.1. The number of piperazine rings is 1. The first-order chi connectivity index (χ1) is 5.27. The van der Waals surface area contributed by atoms with Crippen LogP contribution in [0.3, 0.4) is 0 Å². The lowest BCUT2D eigenvalue weighted by molar-refractivity contribution is 0.120. The summed E-state index contributed by atoms with van der Waals surface area (Å²) in [5.74, 6) is 0. The van der Waals surface area contributed by atoms with Crippen molar-refractivity contribution >= 4 is 22.9 Å². The van der Waals surface area contributed by atoms with E-state index in [4.69, 9.17) is 0 Å². The van der Waals surface area contributed by atoms with Crippen LogP contribution >= 0.6 is 22.9 Å². The zero-order valence-electron chi connectivity index (χ0n) is 7.02. The Kier molecular flexibility index (Phi) is 2.14. The first-order valence-electron chi connectivity index (χ1n) is 4.43. The van der Waals surface area contributed by atoms with Crippen molar-refractivity contribution in [1.29, 1.82) is 0 Å². The Morgan fingerprint density at radius 2 is 2.09 bits per heavy atom. The molecular formula is C8H15IN2. The van der Waals surface area contributed by atoms with E-state index in [1.165, 1.54) is 39.0 Å². The van der Waals surface area contributed by atoms with Gasteiger partial charge in [-0.15, -0.1) is 0 Å². The quantitative estimate of drug-likeness (QED) is 0.524. The SMILES string of the molecule is CCN1CCN(I)CC12CC2. The van der Waals surface area contributed by atoms with Crippen molar-refractivity contribution in [3.63, 3.8) is 0 Å². The smallest absolute Gasteiger partial charge is 0.0346 e. The van der Waals surface area contributed by atoms with Crippen molar-refractivity contribution in [3.8, 4) is 0 Å². The molecule has 64 valence electrons. The maximum Gasteiger partial charge on any atom is 0.0346 e. The van der Waals surface area contributed by atoms with Crippen LogP contribution in [0, 0.1) is 0 Å². The van der Waals surface area contributed by atoms with Crippen LogP contribution in [0.1, 0.15) is 19.8 Å². The van der Waals surface area contributed by atoms with E-state index in [0.717, 1.165) is 0 Å². The number of hydrogen-bond acceptors (Lipinski definition) is 2. The number of rotatable bonds is 1. The summed E-state index contributed by atoms with van der Waals surface area (Å²) in [6.07, 6.45) is 2.86. The van der Waals surface area contributed by atoms with Gasteiger partial charge < -0.3 is 0 Å². The van der Waals surface area contributed by atoms with Crippen LogP contribution in [0.5, 0.6) is 0 Å². The fraction of sp³-hybridized carbons (Fsp3) is 1.00. The summed E-state index contributed by atoms with van der Waals surface area (Å²) in [6, 6.07) is 0. The highest BCUT2D eigenvalue weighted by Gasteiger charge is 2.49. The summed E-state index contributed by atoms with van der Waals surface area (Å²) >= 11 is 2.45. The monoisotopic (exact) mass is 266 g/mol. The van der Waals surface area contributed by atoms with E-state index in [1.807, 2.05) is 0 Å². The Morgan fingerprint density at radius 1 is 1.36 bits per heavy atom. The number of hydrogen-bond donors (Lipinski definition) is 0. The van der Waals surface area contributed by atoms with Crippen molar-refractivity contribution < 1.29 is 0 Å². The molecule has 1 saturated heterocycles. The van der Waals surface area contributed by atoms with Crippen molar-refractivity contribution in [2.24, 2.45) is 0 Å². The summed E-state index contributed by atoms with van der Waals surface area (Å²) in [5.41, 5.74) is 0.619. The van der Waals surface area contributed by atoms with Gasteiger partial charge in [0, 0.05) is 48.0 Å². The molecule has 0 bridgehead atoms. The Morgan fingerprint density at radius 3 is 2.64 bits per heavy atom. The zero-order chi connectivity index (χ0) is 7.90. The minimum atomic E-state index is 0.619. The van der Waals surface area contributed by atoms with E-state index in [2.05, 4.69) is 37.8 Å². The van der Waals surface area contributed by atoms with Crippen molar-refractivity contribution in [2.75, 3.05) is 26.2 Å². The van der Waals surface area contributed by atoms with E-state index in [9.17, 15) is 0 Å². The molecule has 0 aromatic heterocycles. The highest BCUT2D eigenvalue weighted by molar-refractivity contribution is 14.1. The van der Waals surface area contributed by atoms with E-state index < -0.39 is 0 Å². The molecule has 0 aromatic carbocycles. The first-order valence-corrected chi connectivity index (χ1v) is 5.39. The number of likely N-dealkylation sites (N-methyl/N-ethyl adjacent to an activating group) is 1. The van der Waals surface area contributed by atoms with Crippen LogP contribution in [0.25, 0.3) is 0 Å². The highest BCUT2D eigenvalue weighted by Crippen LogP contribution is 2.44. The van der Waals surface area contributed by atoms with Gasteiger partial charge in [-0.3, -0.25) is 4.90 Å². The standard InChI is InChI=1S/C8H15IN2/c1-2-10-5-6-11(9)7-8(10)3-4-8/h2-7H2,1H3. The molecule has 0 aromatic rings. The molecule has 0 unspecified atom stereocenters. The van der Waals surface area contributed by atoms with Gasteiger partial charge in [0.25, 0.3) is 0 Å². The van der Waals surface area contributed by atoms with E-state index in [1.54, 1.807) is 0 Å². The normalized spacial score (nSPS) is 31.1. The van der Waals surface area contributed by atoms with Gasteiger partial charge in [0.1, 0.15) is 0 Å².